The van der Waals surface area contributed by atoms with Gasteiger partial charge in [-0.15, -0.1) is 0 Å². The largest absolute Gasteiger partial charge is 0.476 e. The van der Waals surface area contributed by atoms with Crippen LogP contribution >= 0.6 is 23.2 Å². The van der Waals surface area contributed by atoms with Gasteiger partial charge in [-0.1, -0.05) is 29.3 Å². The molecule has 0 amide bonds. The lowest BCUT2D eigenvalue weighted by molar-refractivity contribution is 0.0690. The second-order valence-electron chi connectivity index (χ2n) is 2.79. The van der Waals surface area contributed by atoms with Gasteiger partial charge in [0.15, 0.2) is 5.69 Å². The molecular weight excluding hydrogens is 263 g/mol. The van der Waals surface area contributed by atoms with Crippen LogP contribution in [0.3, 0.4) is 0 Å². The Kier molecular flexibility index (Phi) is 5.39. The number of rotatable bonds is 1. The molecule has 2 aromatic rings. The molecule has 0 aliphatic heterocycles. The number of carbonyl (C=O) groups is 1. The minimum absolute atomic E-state index is 0.0262. The lowest BCUT2D eigenvalue weighted by Crippen LogP contribution is -2.00. The highest BCUT2D eigenvalue weighted by Gasteiger charge is 2.11. The van der Waals surface area contributed by atoms with E-state index in [1.807, 2.05) is 18.2 Å². The Morgan fingerprint density at radius 3 is 2.12 bits per heavy atom. The van der Waals surface area contributed by atoms with Crippen molar-refractivity contribution in [1.82, 2.24) is 9.97 Å². The van der Waals surface area contributed by atoms with Crippen LogP contribution in [0.25, 0.3) is 0 Å². The van der Waals surface area contributed by atoms with E-state index >= 15 is 0 Å². The van der Waals surface area contributed by atoms with Crippen LogP contribution in [-0.2, 0) is 0 Å². The van der Waals surface area contributed by atoms with Crippen molar-refractivity contribution in [3.63, 3.8) is 0 Å². The Morgan fingerprint density at radius 2 is 1.76 bits per heavy atom. The van der Waals surface area contributed by atoms with Crippen LogP contribution in [0, 0.1) is 0 Å². The van der Waals surface area contributed by atoms with Crippen LogP contribution in [0.1, 0.15) is 10.5 Å². The average molecular weight is 271 g/mol. The van der Waals surface area contributed by atoms with Crippen LogP contribution in [0.15, 0.2) is 42.9 Å². The fraction of sp³-hybridized carbons (Fsp3) is 0. The number of carboxylic acids is 1. The van der Waals surface area contributed by atoms with Gasteiger partial charge in [0.25, 0.3) is 0 Å². The van der Waals surface area contributed by atoms with Crippen molar-refractivity contribution in [1.29, 1.82) is 0 Å². The number of carboxylic acid groups (broad SMARTS) is 1. The molecule has 88 valence electrons. The Labute approximate surface area is 108 Å². The Balaban J connectivity index is 0.000000202. The first-order valence-electron chi connectivity index (χ1n) is 4.51. The van der Waals surface area contributed by atoms with E-state index in [-0.39, 0.29) is 15.7 Å². The summed E-state index contributed by atoms with van der Waals surface area (Å²) in [5.41, 5.74) is -0.223. The zero-order valence-electron chi connectivity index (χ0n) is 8.55. The van der Waals surface area contributed by atoms with Crippen molar-refractivity contribution in [3.8, 4) is 0 Å². The van der Waals surface area contributed by atoms with Gasteiger partial charge in [0, 0.05) is 18.6 Å². The molecule has 1 N–H and O–H groups in total. The van der Waals surface area contributed by atoms with Gasteiger partial charge in [0.05, 0.1) is 10.0 Å². The van der Waals surface area contributed by atoms with Crippen molar-refractivity contribution in [2.45, 2.75) is 0 Å². The lowest BCUT2D eigenvalue weighted by Gasteiger charge is -1.97. The fourth-order valence-electron chi connectivity index (χ4n) is 0.882. The Morgan fingerprint density at radius 1 is 1.12 bits per heavy atom. The zero-order valence-corrected chi connectivity index (χ0v) is 10.1. The highest BCUT2D eigenvalue weighted by Crippen LogP contribution is 2.23. The van der Waals surface area contributed by atoms with E-state index in [4.69, 9.17) is 28.3 Å². The number of nitrogens with zero attached hydrogens (tertiary/aromatic N) is 2. The van der Waals surface area contributed by atoms with E-state index in [0.717, 1.165) is 0 Å². The third-order valence-electron chi connectivity index (χ3n) is 1.61. The quantitative estimate of drug-likeness (QED) is 0.865. The van der Waals surface area contributed by atoms with Crippen molar-refractivity contribution in [2.24, 2.45) is 0 Å². The number of aromatic carboxylic acids is 1. The molecule has 0 saturated heterocycles. The standard InChI is InChI=1S/C6H3Cl2NO2.C5H5N/c7-3-1-2-9-5(4(3)8)6(10)11;1-2-4-6-5-3-1/h1-2H,(H,10,11);1-5H. The third kappa shape index (κ3) is 4.38. The lowest BCUT2D eigenvalue weighted by atomic mass is 10.3. The summed E-state index contributed by atoms with van der Waals surface area (Å²) >= 11 is 11.0. The Hall–Kier alpha value is -1.65. The first kappa shape index (κ1) is 13.4. The molecule has 17 heavy (non-hydrogen) atoms. The minimum atomic E-state index is -1.18. The summed E-state index contributed by atoms with van der Waals surface area (Å²) in [6.45, 7) is 0. The molecule has 4 nitrogen and oxygen atoms in total. The maximum absolute atomic E-state index is 10.4. The van der Waals surface area contributed by atoms with Gasteiger partial charge in [0.2, 0.25) is 0 Å². The van der Waals surface area contributed by atoms with Crippen LogP contribution in [0.4, 0.5) is 0 Å². The molecular formula is C11H8Cl2N2O2. The highest BCUT2D eigenvalue weighted by molar-refractivity contribution is 6.43. The van der Waals surface area contributed by atoms with E-state index in [0.29, 0.717) is 0 Å². The highest BCUT2D eigenvalue weighted by atomic mass is 35.5. The zero-order chi connectivity index (χ0) is 12.7. The Bertz CT molecular complexity index is 465. The van der Waals surface area contributed by atoms with Gasteiger partial charge >= 0.3 is 5.97 Å². The third-order valence-corrected chi connectivity index (χ3v) is 2.41. The molecule has 0 radical (unpaired) electrons. The maximum atomic E-state index is 10.4. The number of halogens is 2. The summed E-state index contributed by atoms with van der Waals surface area (Å²) in [6.07, 6.45) is 4.79. The summed E-state index contributed by atoms with van der Waals surface area (Å²) in [5.74, 6) is -1.18. The first-order chi connectivity index (χ1) is 8.13. The van der Waals surface area contributed by atoms with Crippen LogP contribution in [0.5, 0.6) is 0 Å². The van der Waals surface area contributed by atoms with Gasteiger partial charge in [-0.3, -0.25) is 4.98 Å². The SMILES string of the molecule is O=C(O)c1nccc(Cl)c1Cl.c1ccncc1. The molecule has 0 aliphatic carbocycles. The van der Waals surface area contributed by atoms with Crippen molar-refractivity contribution >= 4 is 29.2 Å². The predicted molar refractivity (Wildman–Crippen MR) is 65.5 cm³/mol. The van der Waals surface area contributed by atoms with E-state index in [2.05, 4.69) is 9.97 Å². The van der Waals surface area contributed by atoms with E-state index in [1.165, 1.54) is 12.3 Å². The molecule has 2 heterocycles. The first-order valence-corrected chi connectivity index (χ1v) is 5.27. The minimum Gasteiger partial charge on any atom is -0.476 e. The molecule has 0 atom stereocenters. The number of hydrogen-bond acceptors (Lipinski definition) is 3. The van der Waals surface area contributed by atoms with Gasteiger partial charge in [0.1, 0.15) is 0 Å². The normalized spacial score (nSPS) is 9.06. The molecule has 2 aromatic heterocycles. The molecule has 0 aliphatic rings. The molecule has 0 bridgehead atoms. The summed E-state index contributed by atoms with van der Waals surface area (Å²) in [4.78, 5) is 17.7. The fourth-order valence-corrected chi connectivity index (χ4v) is 1.22. The topological polar surface area (TPSA) is 63.1 Å². The van der Waals surface area contributed by atoms with Crippen LogP contribution in [0.2, 0.25) is 10.0 Å². The second kappa shape index (κ2) is 6.83. The van der Waals surface area contributed by atoms with Crippen LogP contribution in [-0.4, -0.2) is 21.0 Å². The molecule has 0 saturated carbocycles. The second-order valence-corrected chi connectivity index (χ2v) is 3.57. The smallest absolute Gasteiger partial charge is 0.356 e. The van der Waals surface area contributed by atoms with E-state index in [1.54, 1.807) is 12.4 Å². The molecule has 0 aromatic carbocycles. The summed E-state index contributed by atoms with van der Waals surface area (Å²) in [6, 6.07) is 7.14. The molecule has 0 fully saturated rings. The number of pyridine rings is 2. The summed E-state index contributed by atoms with van der Waals surface area (Å²) in [7, 11) is 0. The molecule has 0 unspecified atom stereocenters. The van der Waals surface area contributed by atoms with Crippen molar-refractivity contribution in [3.05, 3.63) is 58.6 Å². The maximum Gasteiger partial charge on any atom is 0.356 e. The average Bonchev–Trinajstić information content (AvgIpc) is 2.35. The number of hydrogen-bond donors (Lipinski definition) is 1. The molecule has 6 heteroatoms. The van der Waals surface area contributed by atoms with Crippen molar-refractivity contribution < 1.29 is 9.90 Å². The monoisotopic (exact) mass is 270 g/mol. The van der Waals surface area contributed by atoms with E-state index in [9.17, 15) is 4.79 Å². The molecule has 0 spiro atoms. The van der Waals surface area contributed by atoms with Gasteiger partial charge in [-0.2, -0.15) is 0 Å². The molecule has 2 rings (SSSR count). The summed E-state index contributed by atoms with van der Waals surface area (Å²) in [5, 5.41) is 8.65. The number of aromatic nitrogens is 2. The predicted octanol–water partition coefficient (Wildman–Crippen LogP) is 3.17. The van der Waals surface area contributed by atoms with Crippen LogP contribution < -0.4 is 0 Å². The van der Waals surface area contributed by atoms with Crippen molar-refractivity contribution in [2.75, 3.05) is 0 Å². The summed E-state index contributed by atoms with van der Waals surface area (Å²) < 4.78 is 0. The van der Waals surface area contributed by atoms with Gasteiger partial charge in [-0.25, -0.2) is 9.78 Å². The van der Waals surface area contributed by atoms with Gasteiger partial charge in [-0.05, 0) is 18.2 Å². The van der Waals surface area contributed by atoms with Gasteiger partial charge < -0.3 is 5.11 Å². The van der Waals surface area contributed by atoms with E-state index < -0.39 is 5.97 Å².